The number of carbonyl (C=O) groups is 2. The summed E-state index contributed by atoms with van der Waals surface area (Å²) in [5, 5.41) is 0.561. The molecule has 0 N–H and O–H groups in total. The van der Waals surface area contributed by atoms with Gasteiger partial charge < -0.3 is 4.90 Å². The van der Waals surface area contributed by atoms with Crippen LogP contribution in [0.25, 0.3) is 5.57 Å². The van der Waals surface area contributed by atoms with Crippen molar-refractivity contribution in [1.82, 2.24) is 9.80 Å². The number of nitrogens with zero attached hydrogens (tertiary/aromatic N) is 2. The molecule has 0 aliphatic carbocycles. The summed E-state index contributed by atoms with van der Waals surface area (Å²) in [5.41, 5.74) is 4.92. The lowest BCUT2D eigenvalue weighted by molar-refractivity contribution is -0.138. The zero-order valence-corrected chi connectivity index (χ0v) is 18.5. The number of halogens is 1. The molecule has 2 amide bonds. The summed E-state index contributed by atoms with van der Waals surface area (Å²) in [6.07, 6.45) is 2.05. The van der Waals surface area contributed by atoms with Crippen LogP contribution in [0.15, 0.2) is 48.2 Å². The van der Waals surface area contributed by atoms with Gasteiger partial charge >= 0.3 is 0 Å². The third-order valence-corrected chi connectivity index (χ3v) is 6.69. The summed E-state index contributed by atoms with van der Waals surface area (Å²) in [6.45, 7) is 8.09. The molecule has 4 rings (SSSR count). The number of amides is 2. The van der Waals surface area contributed by atoms with Gasteiger partial charge in [-0.2, -0.15) is 0 Å². The lowest BCUT2D eigenvalue weighted by atomic mass is 9.96. The van der Waals surface area contributed by atoms with Crippen LogP contribution in [-0.2, 0) is 16.1 Å². The number of benzene rings is 2. The Morgan fingerprint density at radius 1 is 0.967 bits per heavy atom. The molecule has 4 nitrogen and oxygen atoms in total. The Balaban J connectivity index is 1.76. The van der Waals surface area contributed by atoms with Crippen LogP contribution < -0.4 is 0 Å². The summed E-state index contributed by atoms with van der Waals surface area (Å²) in [4.78, 5) is 30.5. The molecular formula is C25H27ClN2O2. The maximum atomic E-state index is 13.5. The summed E-state index contributed by atoms with van der Waals surface area (Å²) < 4.78 is 0. The monoisotopic (exact) mass is 422 g/mol. The Hall–Kier alpha value is -2.59. The van der Waals surface area contributed by atoms with Gasteiger partial charge in [-0.1, -0.05) is 54.9 Å². The van der Waals surface area contributed by atoms with Gasteiger partial charge in [0.05, 0.1) is 12.1 Å². The maximum absolute atomic E-state index is 13.5. The molecule has 2 aliphatic heterocycles. The van der Waals surface area contributed by atoms with Gasteiger partial charge in [-0.05, 0) is 60.9 Å². The van der Waals surface area contributed by atoms with Gasteiger partial charge in [0.15, 0.2) is 0 Å². The minimum Gasteiger partial charge on any atom is -0.366 e. The fourth-order valence-electron chi connectivity index (χ4n) is 4.19. The Labute approximate surface area is 183 Å². The molecule has 1 saturated heterocycles. The number of carbonyl (C=O) groups excluding carboxylic acids is 2. The maximum Gasteiger partial charge on any atom is 0.278 e. The van der Waals surface area contributed by atoms with Crippen molar-refractivity contribution in [1.29, 1.82) is 0 Å². The second kappa shape index (κ2) is 8.27. The third kappa shape index (κ3) is 3.77. The lowest BCUT2D eigenvalue weighted by Crippen LogP contribution is -2.38. The normalized spacial score (nSPS) is 18.0. The van der Waals surface area contributed by atoms with Crippen LogP contribution in [0, 0.1) is 19.8 Å². The van der Waals surface area contributed by atoms with Crippen LogP contribution in [0.2, 0.25) is 5.02 Å². The van der Waals surface area contributed by atoms with Crippen molar-refractivity contribution < 1.29 is 9.59 Å². The van der Waals surface area contributed by atoms with Crippen LogP contribution in [0.3, 0.4) is 0 Å². The van der Waals surface area contributed by atoms with E-state index in [1.807, 2.05) is 50.2 Å². The first kappa shape index (κ1) is 20.7. The topological polar surface area (TPSA) is 40.6 Å². The summed E-state index contributed by atoms with van der Waals surface area (Å²) in [6, 6.07) is 13.3. The quantitative estimate of drug-likeness (QED) is 0.653. The molecule has 0 radical (unpaired) electrons. The first-order valence-corrected chi connectivity index (χ1v) is 10.9. The summed E-state index contributed by atoms with van der Waals surface area (Å²) in [7, 11) is 0. The molecule has 2 aromatic rings. The number of piperidine rings is 1. The number of hydrogen-bond acceptors (Lipinski definition) is 3. The van der Waals surface area contributed by atoms with E-state index >= 15 is 0 Å². The molecule has 156 valence electrons. The Morgan fingerprint density at radius 3 is 2.33 bits per heavy atom. The highest BCUT2D eigenvalue weighted by Crippen LogP contribution is 2.35. The first-order chi connectivity index (χ1) is 14.4. The average molecular weight is 423 g/mol. The highest BCUT2D eigenvalue weighted by molar-refractivity contribution is 6.35. The molecule has 0 bridgehead atoms. The van der Waals surface area contributed by atoms with Crippen LogP contribution >= 0.6 is 11.6 Å². The average Bonchev–Trinajstić information content (AvgIpc) is 2.97. The van der Waals surface area contributed by atoms with Crippen LogP contribution in [0.1, 0.15) is 42.0 Å². The smallest absolute Gasteiger partial charge is 0.278 e. The van der Waals surface area contributed by atoms with Gasteiger partial charge in [0.2, 0.25) is 0 Å². The van der Waals surface area contributed by atoms with E-state index in [1.54, 1.807) is 6.07 Å². The highest BCUT2D eigenvalue weighted by Gasteiger charge is 2.42. The van der Waals surface area contributed by atoms with Crippen molar-refractivity contribution in [3.63, 3.8) is 0 Å². The van der Waals surface area contributed by atoms with Crippen molar-refractivity contribution in [2.75, 3.05) is 13.1 Å². The van der Waals surface area contributed by atoms with Gasteiger partial charge in [-0.25, -0.2) is 0 Å². The molecule has 2 heterocycles. The number of imide groups is 1. The molecule has 5 heteroatoms. The molecule has 30 heavy (non-hydrogen) atoms. The zero-order valence-electron chi connectivity index (χ0n) is 17.7. The highest BCUT2D eigenvalue weighted by atomic mass is 35.5. The van der Waals surface area contributed by atoms with Crippen LogP contribution in [0.4, 0.5) is 0 Å². The lowest BCUT2D eigenvalue weighted by Gasteiger charge is -2.32. The Bertz CT molecular complexity index is 1040. The molecule has 0 spiro atoms. The van der Waals surface area contributed by atoms with Gasteiger partial charge in [0.1, 0.15) is 5.70 Å². The van der Waals surface area contributed by atoms with Crippen LogP contribution in [0.5, 0.6) is 0 Å². The molecule has 2 aliphatic rings. The molecule has 0 saturated carbocycles. The van der Waals surface area contributed by atoms with E-state index in [0.29, 0.717) is 22.2 Å². The van der Waals surface area contributed by atoms with Crippen molar-refractivity contribution in [3.05, 3.63) is 75.4 Å². The van der Waals surface area contributed by atoms with Crippen molar-refractivity contribution >= 4 is 29.0 Å². The standard InChI is InChI=1S/C25H27ClN2O2/c1-16-10-12-27(13-11-16)23-22(19-9-8-17(2)18(3)14-19)24(29)28(25(23)30)15-20-6-4-5-7-21(20)26/h4-9,14,16H,10-13,15H2,1-3H3. The third-order valence-electron chi connectivity index (χ3n) is 6.33. The van der Waals surface area contributed by atoms with Gasteiger partial charge in [0.25, 0.3) is 11.8 Å². The first-order valence-electron chi connectivity index (χ1n) is 10.5. The van der Waals surface area contributed by atoms with Crippen molar-refractivity contribution in [2.24, 2.45) is 5.92 Å². The molecule has 0 atom stereocenters. The predicted molar refractivity (Wildman–Crippen MR) is 120 cm³/mol. The van der Waals surface area contributed by atoms with E-state index < -0.39 is 0 Å². The SMILES string of the molecule is Cc1ccc(C2=C(N3CCC(C)CC3)C(=O)N(Cc3ccccc3Cl)C2=O)cc1C. The Kier molecular flexibility index (Phi) is 5.70. The van der Waals surface area contributed by atoms with Crippen molar-refractivity contribution in [3.8, 4) is 0 Å². The van der Waals surface area contributed by atoms with E-state index in [-0.39, 0.29) is 18.4 Å². The largest absolute Gasteiger partial charge is 0.366 e. The molecule has 0 unspecified atom stereocenters. The number of rotatable bonds is 4. The van der Waals surface area contributed by atoms with E-state index in [2.05, 4.69) is 11.8 Å². The zero-order chi connectivity index (χ0) is 21.4. The molecule has 2 aromatic carbocycles. The van der Waals surface area contributed by atoms with E-state index in [1.165, 1.54) is 4.90 Å². The van der Waals surface area contributed by atoms with E-state index in [4.69, 9.17) is 11.6 Å². The fourth-order valence-corrected chi connectivity index (χ4v) is 4.38. The fraction of sp³-hybridized carbons (Fsp3) is 0.360. The van der Waals surface area contributed by atoms with Crippen LogP contribution in [-0.4, -0.2) is 34.7 Å². The summed E-state index contributed by atoms with van der Waals surface area (Å²) >= 11 is 6.32. The minimum atomic E-state index is -0.239. The minimum absolute atomic E-state index is 0.180. The molecular weight excluding hydrogens is 396 g/mol. The number of likely N-dealkylation sites (tertiary alicyclic amines) is 1. The summed E-state index contributed by atoms with van der Waals surface area (Å²) in [5.74, 6) is 0.179. The second-order valence-electron chi connectivity index (χ2n) is 8.48. The van der Waals surface area contributed by atoms with Gasteiger partial charge in [-0.15, -0.1) is 0 Å². The van der Waals surface area contributed by atoms with Gasteiger partial charge in [0, 0.05) is 18.1 Å². The van der Waals surface area contributed by atoms with Gasteiger partial charge in [-0.3, -0.25) is 14.5 Å². The van der Waals surface area contributed by atoms with E-state index in [9.17, 15) is 9.59 Å². The number of hydrogen-bond donors (Lipinski definition) is 0. The Morgan fingerprint density at radius 2 is 1.67 bits per heavy atom. The molecule has 0 aromatic heterocycles. The number of aryl methyl sites for hydroxylation is 2. The molecule has 1 fully saturated rings. The van der Waals surface area contributed by atoms with E-state index in [0.717, 1.165) is 48.2 Å². The second-order valence-corrected chi connectivity index (χ2v) is 8.89. The predicted octanol–water partition coefficient (Wildman–Crippen LogP) is 4.97. The van der Waals surface area contributed by atoms with Crippen molar-refractivity contribution in [2.45, 2.75) is 40.2 Å².